The zero-order chi connectivity index (χ0) is 9.26. The second kappa shape index (κ2) is 2.80. The molecule has 0 aliphatic carbocycles. The van der Waals surface area contributed by atoms with Crippen molar-refractivity contribution in [2.75, 3.05) is 0 Å². The van der Waals surface area contributed by atoms with Crippen LogP contribution >= 0.6 is 0 Å². The van der Waals surface area contributed by atoms with Gasteiger partial charge in [0, 0.05) is 5.39 Å². The summed E-state index contributed by atoms with van der Waals surface area (Å²) in [6.07, 6.45) is 1.36. The highest BCUT2D eigenvalue weighted by atomic mass is 19.1. The van der Waals surface area contributed by atoms with E-state index in [-0.39, 0.29) is 5.82 Å². The molecule has 64 valence electrons. The molecule has 0 spiro atoms. The van der Waals surface area contributed by atoms with E-state index in [1.54, 1.807) is 0 Å². The highest BCUT2D eigenvalue weighted by Crippen LogP contribution is 2.22. The van der Waals surface area contributed by atoms with Gasteiger partial charge in [-0.1, -0.05) is 0 Å². The Balaban J connectivity index is 2.78. The van der Waals surface area contributed by atoms with Crippen molar-refractivity contribution >= 4 is 22.8 Å². The fourth-order valence-electron chi connectivity index (χ4n) is 1.10. The number of nitrogens with zero attached hydrogens (tertiary/aromatic N) is 2. The Morgan fingerprint density at radius 3 is 3.15 bits per heavy atom. The van der Waals surface area contributed by atoms with Crippen LogP contribution in [-0.4, -0.2) is 16.3 Å². The summed E-state index contributed by atoms with van der Waals surface area (Å²) in [5.41, 5.74) is 0.565. The molecule has 0 aliphatic heterocycles. The maximum absolute atomic E-state index is 12.8. The van der Waals surface area contributed by atoms with Crippen molar-refractivity contribution < 1.29 is 9.18 Å². The molecule has 0 bridgehead atoms. The highest BCUT2D eigenvalue weighted by Gasteiger charge is 2.04. The normalized spacial score (nSPS) is 9.92. The molecule has 1 heterocycles. The van der Waals surface area contributed by atoms with Crippen LogP contribution in [-0.2, 0) is 4.79 Å². The summed E-state index contributed by atoms with van der Waals surface area (Å²) in [4.78, 5) is 13.3. The zero-order valence-corrected chi connectivity index (χ0v) is 6.41. The Hall–Kier alpha value is -2.00. The third kappa shape index (κ3) is 1.21. The number of halogens is 1. The van der Waals surface area contributed by atoms with Gasteiger partial charge in [0.1, 0.15) is 5.82 Å². The molecular weight excluding hydrogens is 173 g/mol. The molecule has 0 atom stereocenters. The lowest BCUT2D eigenvalue weighted by molar-refractivity contribution is 0.565. The molecule has 2 aromatic rings. The summed E-state index contributed by atoms with van der Waals surface area (Å²) in [5, 5.41) is 6.79. The van der Waals surface area contributed by atoms with Crippen molar-refractivity contribution in [3.05, 3.63) is 24.0 Å². The third-order valence-corrected chi connectivity index (χ3v) is 1.65. The number of H-pyrrole nitrogens is 1. The van der Waals surface area contributed by atoms with Crippen molar-refractivity contribution in [3.8, 4) is 0 Å². The lowest BCUT2D eigenvalue weighted by Crippen LogP contribution is -1.71. The zero-order valence-electron chi connectivity index (χ0n) is 6.41. The van der Waals surface area contributed by atoms with Gasteiger partial charge in [0.2, 0.25) is 6.08 Å². The first-order valence-corrected chi connectivity index (χ1v) is 3.53. The Labute approximate surface area is 72.1 Å². The first-order chi connectivity index (χ1) is 6.31. The maximum Gasteiger partial charge on any atom is 0.242 e. The van der Waals surface area contributed by atoms with Crippen LogP contribution in [0.1, 0.15) is 0 Å². The lowest BCUT2D eigenvalue weighted by Gasteiger charge is -1.87. The van der Waals surface area contributed by atoms with Gasteiger partial charge in [-0.3, -0.25) is 5.10 Å². The van der Waals surface area contributed by atoms with E-state index in [0.29, 0.717) is 10.9 Å². The minimum Gasteiger partial charge on any atom is -0.259 e. The average molecular weight is 177 g/mol. The Morgan fingerprint density at radius 2 is 2.38 bits per heavy atom. The number of benzene rings is 1. The van der Waals surface area contributed by atoms with E-state index >= 15 is 0 Å². The van der Waals surface area contributed by atoms with Crippen molar-refractivity contribution in [1.82, 2.24) is 10.2 Å². The summed E-state index contributed by atoms with van der Waals surface area (Å²) in [6.45, 7) is 0. The van der Waals surface area contributed by atoms with E-state index in [9.17, 15) is 9.18 Å². The lowest BCUT2D eigenvalue weighted by atomic mass is 10.2. The minimum absolute atomic E-state index is 0.226. The van der Waals surface area contributed by atoms with E-state index in [2.05, 4.69) is 15.2 Å². The van der Waals surface area contributed by atoms with Crippen LogP contribution in [0.4, 0.5) is 10.2 Å². The quantitative estimate of drug-likeness (QED) is 0.532. The molecule has 0 aliphatic rings. The molecule has 0 radical (unpaired) electrons. The number of aromatic nitrogens is 2. The van der Waals surface area contributed by atoms with E-state index in [1.165, 1.54) is 24.3 Å². The van der Waals surface area contributed by atoms with E-state index in [1.807, 2.05) is 0 Å². The van der Waals surface area contributed by atoms with Gasteiger partial charge in [0.05, 0.1) is 5.52 Å². The smallest absolute Gasteiger partial charge is 0.242 e. The van der Waals surface area contributed by atoms with Gasteiger partial charge >= 0.3 is 0 Å². The van der Waals surface area contributed by atoms with Gasteiger partial charge in [-0.2, -0.15) is 5.10 Å². The maximum atomic E-state index is 12.8. The first-order valence-electron chi connectivity index (χ1n) is 3.53. The Bertz CT molecular complexity index is 499. The second-order valence-corrected chi connectivity index (χ2v) is 2.44. The fraction of sp³-hybridized carbons (Fsp3) is 0. The summed E-state index contributed by atoms with van der Waals surface area (Å²) < 4.78 is 12.8. The summed E-state index contributed by atoms with van der Waals surface area (Å²) in [7, 11) is 0. The van der Waals surface area contributed by atoms with Crippen LogP contribution in [0.25, 0.3) is 10.9 Å². The third-order valence-electron chi connectivity index (χ3n) is 1.65. The number of isocyanates is 1. The van der Waals surface area contributed by atoms with Gasteiger partial charge in [-0.25, -0.2) is 9.18 Å². The molecule has 13 heavy (non-hydrogen) atoms. The van der Waals surface area contributed by atoms with Crippen LogP contribution in [0.5, 0.6) is 0 Å². The highest BCUT2D eigenvalue weighted by molar-refractivity contribution is 5.88. The van der Waals surface area contributed by atoms with Gasteiger partial charge < -0.3 is 0 Å². The molecule has 1 N–H and O–H groups in total. The van der Waals surface area contributed by atoms with Crippen LogP contribution < -0.4 is 0 Å². The number of nitrogens with one attached hydrogen (secondary N) is 1. The van der Waals surface area contributed by atoms with Crippen LogP contribution in [0.3, 0.4) is 0 Å². The molecule has 0 saturated heterocycles. The molecular formula is C8H4FN3O. The molecule has 1 aromatic heterocycles. The number of aliphatic imine (C=N–C) groups is 1. The first kappa shape index (κ1) is 7.64. The number of fused-ring (bicyclic) bond motifs is 1. The van der Waals surface area contributed by atoms with Gasteiger partial charge in [0.25, 0.3) is 0 Å². The van der Waals surface area contributed by atoms with Gasteiger partial charge in [-0.15, -0.1) is 4.99 Å². The van der Waals surface area contributed by atoms with Crippen molar-refractivity contribution in [1.29, 1.82) is 0 Å². The summed E-state index contributed by atoms with van der Waals surface area (Å²) in [5.74, 6) is -0.166. The molecule has 5 heteroatoms. The number of rotatable bonds is 1. The van der Waals surface area contributed by atoms with Crippen molar-refractivity contribution in [2.24, 2.45) is 4.99 Å². The number of hydrogen-bond acceptors (Lipinski definition) is 3. The predicted molar refractivity (Wildman–Crippen MR) is 43.8 cm³/mol. The molecule has 2 rings (SSSR count). The minimum atomic E-state index is -0.392. The molecule has 0 saturated carbocycles. The number of hydrogen-bond donors (Lipinski definition) is 1. The van der Waals surface area contributed by atoms with Gasteiger partial charge in [0.15, 0.2) is 5.82 Å². The van der Waals surface area contributed by atoms with Crippen LogP contribution in [0.2, 0.25) is 0 Å². The SMILES string of the molecule is O=C=Nc1[nH]nc2ccc(F)cc12. The second-order valence-electron chi connectivity index (χ2n) is 2.44. The topological polar surface area (TPSA) is 58.1 Å². The Kier molecular flexibility index (Phi) is 1.65. The number of carbonyl (C=O) groups excluding carboxylic acids is 1. The largest absolute Gasteiger partial charge is 0.259 e. The predicted octanol–water partition coefficient (Wildman–Crippen LogP) is 1.67. The average Bonchev–Trinajstić information content (AvgIpc) is 2.49. The van der Waals surface area contributed by atoms with Crippen molar-refractivity contribution in [3.63, 3.8) is 0 Å². The molecule has 1 aromatic carbocycles. The van der Waals surface area contributed by atoms with Crippen molar-refractivity contribution in [2.45, 2.75) is 0 Å². The van der Waals surface area contributed by atoms with Crippen LogP contribution in [0.15, 0.2) is 23.2 Å². The van der Waals surface area contributed by atoms with E-state index in [4.69, 9.17) is 0 Å². The van der Waals surface area contributed by atoms with Gasteiger partial charge in [-0.05, 0) is 18.2 Å². The standard InChI is InChI=1S/C8H4FN3O/c9-5-1-2-7-6(3-5)8(10-4-13)12-11-7/h1-3H,(H,11,12). The molecule has 0 amide bonds. The van der Waals surface area contributed by atoms with E-state index in [0.717, 1.165) is 0 Å². The van der Waals surface area contributed by atoms with Crippen LogP contribution in [0, 0.1) is 5.82 Å². The number of aromatic amines is 1. The summed E-state index contributed by atoms with van der Waals surface area (Å²) in [6, 6.07) is 4.05. The molecule has 4 nitrogen and oxygen atoms in total. The Morgan fingerprint density at radius 1 is 1.54 bits per heavy atom. The molecule has 0 fully saturated rings. The van der Waals surface area contributed by atoms with E-state index < -0.39 is 5.82 Å². The summed E-state index contributed by atoms with van der Waals surface area (Å²) >= 11 is 0. The monoisotopic (exact) mass is 177 g/mol. The fourth-order valence-corrected chi connectivity index (χ4v) is 1.10. The molecule has 0 unspecified atom stereocenters.